The molecule has 0 bridgehead atoms. The number of benzene rings is 1. The van der Waals surface area contributed by atoms with Gasteiger partial charge in [0.05, 0.1) is 7.11 Å². The minimum Gasteiger partial charge on any atom is -0.497 e. The smallest absolute Gasteiger partial charge is 0.326 e. The fourth-order valence-corrected chi connectivity index (χ4v) is 1.49. The predicted molar refractivity (Wildman–Crippen MR) is 68.6 cm³/mol. The van der Waals surface area contributed by atoms with E-state index in [0.29, 0.717) is 11.4 Å². The molecular weight excluding hydrogens is 250 g/mol. The van der Waals surface area contributed by atoms with Crippen LogP contribution < -0.4 is 21.3 Å². The van der Waals surface area contributed by atoms with Crippen molar-refractivity contribution in [2.75, 3.05) is 12.4 Å². The maximum atomic E-state index is 11.8. The van der Waals surface area contributed by atoms with E-state index >= 15 is 0 Å². The second-order valence-corrected chi connectivity index (χ2v) is 3.69. The molecule has 0 spiro atoms. The zero-order chi connectivity index (χ0) is 13.8. The second kappa shape index (κ2) is 5.21. The molecule has 0 radical (unpaired) electrons. The molecule has 3 N–H and O–H groups in total. The van der Waals surface area contributed by atoms with Crippen LogP contribution in [0, 0.1) is 0 Å². The van der Waals surface area contributed by atoms with E-state index in [4.69, 9.17) is 4.74 Å². The van der Waals surface area contributed by atoms with E-state index < -0.39 is 17.2 Å². The Hall–Kier alpha value is -2.83. The van der Waals surface area contributed by atoms with Crippen LogP contribution in [0.4, 0.5) is 5.69 Å². The number of amides is 1. The van der Waals surface area contributed by atoms with Gasteiger partial charge in [-0.25, -0.2) is 4.79 Å². The molecule has 0 aliphatic carbocycles. The fourth-order valence-electron chi connectivity index (χ4n) is 1.49. The van der Waals surface area contributed by atoms with Crippen LogP contribution in [0.15, 0.2) is 39.9 Å². The van der Waals surface area contributed by atoms with Crippen molar-refractivity contribution in [2.24, 2.45) is 0 Å². The summed E-state index contributed by atoms with van der Waals surface area (Å²) in [5.74, 6) is -0.00587. The average molecular weight is 261 g/mol. The molecule has 0 aliphatic rings. The number of nitrogens with one attached hydrogen (secondary N) is 3. The third kappa shape index (κ3) is 3.09. The van der Waals surface area contributed by atoms with Crippen LogP contribution in [0.5, 0.6) is 5.75 Å². The van der Waals surface area contributed by atoms with Crippen molar-refractivity contribution in [3.8, 4) is 5.75 Å². The molecule has 0 aliphatic heterocycles. The molecule has 1 amide bonds. The Balaban J connectivity index is 2.25. The lowest BCUT2D eigenvalue weighted by atomic mass is 10.3. The van der Waals surface area contributed by atoms with Gasteiger partial charge in [-0.05, 0) is 12.1 Å². The molecule has 1 aromatic carbocycles. The average Bonchev–Trinajstić information content (AvgIpc) is 2.37. The van der Waals surface area contributed by atoms with Crippen LogP contribution in [0.2, 0.25) is 0 Å². The number of aromatic nitrogens is 2. The van der Waals surface area contributed by atoms with Crippen molar-refractivity contribution >= 4 is 11.6 Å². The lowest BCUT2D eigenvalue weighted by Gasteiger charge is -2.06. The van der Waals surface area contributed by atoms with E-state index in [1.807, 2.05) is 4.98 Å². The molecule has 0 fully saturated rings. The number of H-pyrrole nitrogens is 2. The van der Waals surface area contributed by atoms with Gasteiger partial charge in [0.2, 0.25) is 0 Å². The zero-order valence-corrected chi connectivity index (χ0v) is 10.0. The Morgan fingerprint density at radius 1 is 1.21 bits per heavy atom. The first kappa shape index (κ1) is 12.6. The molecule has 1 aromatic heterocycles. The summed E-state index contributed by atoms with van der Waals surface area (Å²) in [6.45, 7) is 0. The van der Waals surface area contributed by atoms with Crippen molar-refractivity contribution < 1.29 is 9.53 Å². The Bertz CT molecular complexity index is 689. The number of ether oxygens (including phenoxy) is 1. The lowest BCUT2D eigenvalue weighted by Crippen LogP contribution is -2.27. The van der Waals surface area contributed by atoms with Crippen molar-refractivity contribution in [3.63, 3.8) is 0 Å². The van der Waals surface area contributed by atoms with Gasteiger partial charge in [-0.1, -0.05) is 6.07 Å². The van der Waals surface area contributed by atoms with Gasteiger partial charge in [0, 0.05) is 17.8 Å². The maximum absolute atomic E-state index is 11.8. The molecule has 7 nitrogen and oxygen atoms in total. The van der Waals surface area contributed by atoms with Crippen LogP contribution in [0.25, 0.3) is 0 Å². The summed E-state index contributed by atoms with van der Waals surface area (Å²) in [7, 11) is 1.51. The van der Waals surface area contributed by atoms with Gasteiger partial charge in [0.25, 0.3) is 11.5 Å². The highest BCUT2D eigenvalue weighted by molar-refractivity contribution is 6.02. The van der Waals surface area contributed by atoms with Gasteiger partial charge in [-0.2, -0.15) is 0 Å². The first-order valence-electron chi connectivity index (χ1n) is 5.37. The number of hydrogen-bond acceptors (Lipinski definition) is 4. The predicted octanol–water partition coefficient (Wildman–Crippen LogP) is 0.324. The summed E-state index contributed by atoms with van der Waals surface area (Å²) < 4.78 is 5.02. The minimum atomic E-state index is -0.733. The van der Waals surface area contributed by atoms with Gasteiger partial charge in [0.15, 0.2) is 0 Å². The maximum Gasteiger partial charge on any atom is 0.326 e. The van der Waals surface area contributed by atoms with E-state index in [0.717, 1.165) is 6.07 Å². The Morgan fingerprint density at radius 3 is 2.68 bits per heavy atom. The van der Waals surface area contributed by atoms with E-state index in [9.17, 15) is 14.4 Å². The van der Waals surface area contributed by atoms with Crippen LogP contribution in [0.3, 0.4) is 0 Å². The van der Waals surface area contributed by atoms with Gasteiger partial charge in [-0.15, -0.1) is 0 Å². The first-order chi connectivity index (χ1) is 9.08. The number of methoxy groups -OCH3 is 1. The summed E-state index contributed by atoms with van der Waals surface area (Å²) >= 11 is 0. The number of carbonyl (C=O) groups excluding carboxylic acids is 1. The zero-order valence-electron chi connectivity index (χ0n) is 10.0. The summed E-state index contributed by atoms with van der Waals surface area (Å²) in [5, 5.41) is 2.55. The minimum absolute atomic E-state index is 0.114. The van der Waals surface area contributed by atoms with Gasteiger partial charge in [-0.3, -0.25) is 14.6 Å². The summed E-state index contributed by atoms with van der Waals surface area (Å²) in [6, 6.07) is 7.71. The number of aromatic amines is 2. The molecule has 2 rings (SSSR count). The number of hydrogen-bond donors (Lipinski definition) is 3. The third-order valence-corrected chi connectivity index (χ3v) is 2.33. The highest BCUT2D eigenvalue weighted by Gasteiger charge is 2.08. The van der Waals surface area contributed by atoms with Gasteiger partial charge in [0.1, 0.15) is 11.4 Å². The molecule has 0 atom stereocenters. The van der Waals surface area contributed by atoms with Crippen molar-refractivity contribution in [1.82, 2.24) is 9.97 Å². The molecule has 19 heavy (non-hydrogen) atoms. The number of carbonyl (C=O) groups is 1. The molecule has 1 heterocycles. The summed E-state index contributed by atoms with van der Waals surface area (Å²) in [5.41, 5.74) is -0.995. The van der Waals surface area contributed by atoms with Crippen LogP contribution >= 0.6 is 0 Å². The third-order valence-electron chi connectivity index (χ3n) is 2.33. The second-order valence-electron chi connectivity index (χ2n) is 3.69. The standard InChI is InChI=1S/C12H11N3O4/c1-19-8-4-2-3-7(5-8)13-11(17)9-6-10(16)15-12(18)14-9/h2-6H,1H3,(H,13,17)(H2,14,15,16,18). The molecule has 0 saturated heterocycles. The quantitative estimate of drug-likeness (QED) is 0.740. The largest absolute Gasteiger partial charge is 0.497 e. The number of rotatable bonds is 3. The molecular formula is C12H11N3O4. The molecule has 0 unspecified atom stereocenters. The molecule has 0 saturated carbocycles. The highest BCUT2D eigenvalue weighted by atomic mass is 16.5. The van der Waals surface area contributed by atoms with Crippen molar-refractivity contribution in [3.05, 3.63) is 56.9 Å². The van der Waals surface area contributed by atoms with Crippen LogP contribution in [0.1, 0.15) is 10.5 Å². The van der Waals surface area contributed by atoms with Crippen molar-refractivity contribution in [2.45, 2.75) is 0 Å². The van der Waals surface area contributed by atoms with E-state index in [1.165, 1.54) is 7.11 Å². The summed E-state index contributed by atoms with van der Waals surface area (Å²) in [4.78, 5) is 38.2. The highest BCUT2D eigenvalue weighted by Crippen LogP contribution is 2.16. The Morgan fingerprint density at radius 2 is 2.00 bits per heavy atom. The SMILES string of the molecule is COc1cccc(NC(=O)c2cc(=O)[nH]c(=O)[nH]2)c1. The number of anilines is 1. The molecule has 2 aromatic rings. The Labute approximate surface area is 107 Å². The Kier molecular flexibility index (Phi) is 3.46. The normalized spacial score (nSPS) is 9.95. The summed E-state index contributed by atoms with van der Waals surface area (Å²) in [6.07, 6.45) is 0. The van der Waals surface area contributed by atoms with Crippen LogP contribution in [-0.4, -0.2) is 23.0 Å². The van der Waals surface area contributed by atoms with E-state index in [2.05, 4.69) is 10.3 Å². The van der Waals surface area contributed by atoms with Crippen molar-refractivity contribution in [1.29, 1.82) is 0 Å². The lowest BCUT2D eigenvalue weighted by molar-refractivity contribution is 0.102. The van der Waals surface area contributed by atoms with E-state index in [-0.39, 0.29) is 5.69 Å². The van der Waals surface area contributed by atoms with E-state index in [1.54, 1.807) is 24.3 Å². The van der Waals surface area contributed by atoms with Crippen LogP contribution in [-0.2, 0) is 0 Å². The monoisotopic (exact) mass is 261 g/mol. The fraction of sp³-hybridized carbons (Fsp3) is 0.0833. The first-order valence-corrected chi connectivity index (χ1v) is 5.37. The topological polar surface area (TPSA) is 104 Å². The van der Waals surface area contributed by atoms with Gasteiger partial charge >= 0.3 is 5.69 Å². The molecule has 7 heteroatoms. The molecule has 98 valence electrons. The van der Waals surface area contributed by atoms with Gasteiger partial charge < -0.3 is 15.0 Å².